The van der Waals surface area contributed by atoms with Gasteiger partial charge in [0.15, 0.2) is 0 Å². The molecule has 0 radical (unpaired) electrons. The van der Waals surface area contributed by atoms with Crippen molar-refractivity contribution in [1.29, 1.82) is 0 Å². The largest absolute Gasteiger partial charge is 0.371 e. The number of nitrogens with one attached hydrogen (secondary N) is 1. The summed E-state index contributed by atoms with van der Waals surface area (Å²) in [5, 5.41) is 3.29. The van der Waals surface area contributed by atoms with Gasteiger partial charge in [-0.3, -0.25) is 0 Å². The third-order valence-corrected chi connectivity index (χ3v) is 3.43. The first-order valence-corrected chi connectivity index (χ1v) is 7.11. The van der Waals surface area contributed by atoms with Gasteiger partial charge in [0.25, 0.3) is 0 Å². The SMILES string of the molecule is CCCCCNC(=S)SCCCCC.[MgH2]. The molecule has 0 aliphatic carbocycles. The number of rotatable bonds is 8. The van der Waals surface area contributed by atoms with Gasteiger partial charge in [0.05, 0.1) is 0 Å². The number of unbranched alkanes of at least 4 members (excludes halogenated alkanes) is 4. The molecule has 0 aromatic carbocycles. The van der Waals surface area contributed by atoms with Crippen molar-refractivity contribution in [2.75, 3.05) is 12.3 Å². The van der Waals surface area contributed by atoms with E-state index in [1.165, 1.54) is 44.3 Å². The maximum Gasteiger partial charge on any atom is 0.316 e. The Morgan fingerprint density at radius 2 is 1.67 bits per heavy atom. The Bertz CT molecular complexity index is 129. The molecular weight excluding hydrogens is 235 g/mol. The molecule has 0 aliphatic rings. The van der Waals surface area contributed by atoms with E-state index in [0.717, 1.165) is 10.9 Å². The molecule has 0 unspecified atom stereocenters. The predicted octanol–water partition coefficient (Wildman–Crippen LogP) is 3.06. The fourth-order valence-corrected chi connectivity index (χ4v) is 2.22. The molecule has 0 spiro atoms. The zero-order chi connectivity index (χ0) is 10.6. The van der Waals surface area contributed by atoms with E-state index in [9.17, 15) is 0 Å². The van der Waals surface area contributed by atoms with Crippen LogP contribution in [0, 0.1) is 0 Å². The van der Waals surface area contributed by atoms with Crippen LogP contribution in [0.1, 0.15) is 52.4 Å². The van der Waals surface area contributed by atoms with Crippen molar-refractivity contribution in [2.45, 2.75) is 52.4 Å². The number of thioether (sulfide) groups is 1. The van der Waals surface area contributed by atoms with Gasteiger partial charge in [-0.2, -0.15) is 0 Å². The molecular formula is C11H25MgNS2. The molecule has 88 valence electrons. The van der Waals surface area contributed by atoms with E-state index in [-0.39, 0.29) is 23.1 Å². The predicted molar refractivity (Wildman–Crippen MR) is 80.7 cm³/mol. The lowest BCUT2D eigenvalue weighted by atomic mass is 10.2. The van der Waals surface area contributed by atoms with Gasteiger partial charge in [0, 0.05) is 12.3 Å². The second-order valence-corrected chi connectivity index (χ2v) is 5.25. The number of hydrogen-bond acceptors (Lipinski definition) is 2. The summed E-state index contributed by atoms with van der Waals surface area (Å²) in [4.78, 5) is 0. The van der Waals surface area contributed by atoms with E-state index in [0.29, 0.717) is 0 Å². The maximum atomic E-state index is 5.21. The Morgan fingerprint density at radius 3 is 2.27 bits per heavy atom. The Balaban J connectivity index is 0. The van der Waals surface area contributed by atoms with E-state index < -0.39 is 0 Å². The highest BCUT2D eigenvalue weighted by Gasteiger charge is 1.95. The molecule has 0 atom stereocenters. The van der Waals surface area contributed by atoms with Crippen LogP contribution in [-0.2, 0) is 0 Å². The summed E-state index contributed by atoms with van der Waals surface area (Å²) >= 11 is 7.00. The van der Waals surface area contributed by atoms with Crippen molar-refractivity contribution < 1.29 is 0 Å². The first-order chi connectivity index (χ1) is 6.81. The van der Waals surface area contributed by atoms with Crippen molar-refractivity contribution >= 4 is 51.4 Å². The van der Waals surface area contributed by atoms with Gasteiger partial charge >= 0.3 is 23.1 Å². The molecule has 0 amide bonds. The fourth-order valence-electron chi connectivity index (χ4n) is 1.13. The molecule has 1 N–H and O–H groups in total. The quantitative estimate of drug-likeness (QED) is 0.409. The first kappa shape index (κ1) is 18.4. The summed E-state index contributed by atoms with van der Waals surface area (Å²) < 4.78 is 0.984. The maximum absolute atomic E-state index is 5.21. The minimum absolute atomic E-state index is 0. The van der Waals surface area contributed by atoms with Crippen LogP contribution in [-0.4, -0.2) is 39.7 Å². The van der Waals surface area contributed by atoms with Gasteiger partial charge in [0.2, 0.25) is 0 Å². The van der Waals surface area contributed by atoms with Crippen molar-refractivity contribution in [3.8, 4) is 0 Å². The van der Waals surface area contributed by atoms with Gasteiger partial charge in [-0.1, -0.05) is 63.5 Å². The monoisotopic (exact) mass is 259 g/mol. The minimum Gasteiger partial charge on any atom is -0.371 e. The van der Waals surface area contributed by atoms with Crippen molar-refractivity contribution in [3.05, 3.63) is 0 Å². The van der Waals surface area contributed by atoms with E-state index in [2.05, 4.69) is 19.2 Å². The zero-order valence-electron chi connectivity index (χ0n) is 9.47. The van der Waals surface area contributed by atoms with Crippen LogP contribution >= 0.6 is 24.0 Å². The molecule has 0 rings (SSSR count). The van der Waals surface area contributed by atoms with Crippen molar-refractivity contribution in [2.24, 2.45) is 0 Å². The van der Waals surface area contributed by atoms with Crippen LogP contribution in [0.3, 0.4) is 0 Å². The summed E-state index contributed by atoms with van der Waals surface area (Å²) in [5.41, 5.74) is 0. The smallest absolute Gasteiger partial charge is 0.316 e. The molecule has 4 heteroatoms. The van der Waals surface area contributed by atoms with Crippen LogP contribution in [0.2, 0.25) is 0 Å². The van der Waals surface area contributed by atoms with Crippen LogP contribution in [0.25, 0.3) is 0 Å². The van der Waals surface area contributed by atoms with E-state index >= 15 is 0 Å². The van der Waals surface area contributed by atoms with Gasteiger partial charge in [0.1, 0.15) is 4.32 Å². The Morgan fingerprint density at radius 1 is 1.07 bits per heavy atom. The second kappa shape index (κ2) is 15.0. The summed E-state index contributed by atoms with van der Waals surface area (Å²) in [6, 6.07) is 0. The van der Waals surface area contributed by atoms with Crippen LogP contribution < -0.4 is 5.32 Å². The van der Waals surface area contributed by atoms with E-state index in [1.54, 1.807) is 11.8 Å². The molecule has 0 aromatic rings. The molecule has 0 aliphatic heterocycles. The summed E-state index contributed by atoms with van der Waals surface area (Å²) in [7, 11) is 0. The molecule has 1 nitrogen and oxygen atoms in total. The molecule has 0 fully saturated rings. The highest BCUT2D eigenvalue weighted by atomic mass is 32.2. The first-order valence-electron chi connectivity index (χ1n) is 5.71. The van der Waals surface area contributed by atoms with Crippen molar-refractivity contribution in [1.82, 2.24) is 5.32 Å². The number of thiocarbonyl (C=S) groups is 1. The lowest BCUT2D eigenvalue weighted by Gasteiger charge is -2.06. The Labute approximate surface area is 121 Å². The van der Waals surface area contributed by atoms with E-state index in [4.69, 9.17) is 12.2 Å². The highest BCUT2D eigenvalue weighted by Crippen LogP contribution is 2.07. The topological polar surface area (TPSA) is 12.0 Å². The van der Waals surface area contributed by atoms with Gasteiger partial charge in [-0.05, 0) is 12.8 Å². The lowest BCUT2D eigenvalue weighted by molar-refractivity contribution is 0.700. The average Bonchev–Trinajstić information content (AvgIpc) is 2.19. The second-order valence-electron chi connectivity index (χ2n) is 3.48. The molecule has 0 aromatic heterocycles. The van der Waals surface area contributed by atoms with E-state index in [1.807, 2.05) is 0 Å². The third-order valence-electron chi connectivity index (χ3n) is 2.03. The zero-order valence-corrected chi connectivity index (χ0v) is 11.1. The standard InChI is InChI=1S/C11H23NS2.Mg.2H/c1-3-5-7-9-12-11(13)14-10-8-6-4-2;;;/h3-10H2,1-2H3,(H,12,13);;;. The lowest BCUT2D eigenvalue weighted by Crippen LogP contribution is -2.19. The van der Waals surface area contributed by atoms with Crippen LogP contribution in [0.5, 0.6) is 0 Å². The van der Waals surface area contributed by atoms with Gasteiger partial charge < -0.3 is 5.32 Å². The van der Waals surface area contributed by atoms with Crippen LogP contribution in [0.15, 0.2) is 0 Å². The Kier molecular flexibility index (Phi) is 18.4. The number of hydrogen-bond donors (Lipinski definition) is 1. The van der Waals surface area contributed by atoms with Gasteiger partial charge in [-0.15, -0.1) is 0 Å². The average molecular weight is 260 g/mol. The van der Waals surface area contributed by atoms with Gasteiger partial charge in [-0.25, -0.2) is 0 Å². The third kappa shape index (κ3) is 15.0. The molecule has 15 heavy (non-hydrogen) atoms. The molecule has 0 saturated heterocycles. The fraction of sp³-hybridized carbons (Fsp3) is 0.909. The van der Waals surface area contributed by atoms with Crippen molar-refractivity contribution in [3.63, 3.8) is 0 Å². The van der Waals surface area contributed by atoms with Crippen LogP contribution in [0.4, 0.5) is 0 Å². The summed E-state index contributed by atoms with van der Waals surface area (Å²) in [5.74, 6) is 1.17. The molecule has 0 saturated carbocycles. The summed E-state index contributed by atoms with van der Waals surface area (Å²) in [6.07, 6.45) is 7.72. The minimum atomic E-state index is 0. The normalized spacial score (nSPS) is 9.47. The molecule has 0 bridgehead atoms. The molecule has 0 heterocycles. The highest BCUT2D eigenvalue weighted by molar-refractivity contribution is 8.22. The summed E-state index contributed by atoms with van der Waals surface area (Å²) in [6.45, 7) is 5.50. The Hall–Kier alpha value is 1.01.